The van der Waals surface area contributed by atoms with Crippen LogP contribution in [0.3, 0.4) is 0 Å². The summed E-state index contributed by atoms with van der Waals surface area (Å²) in [6.07, 6.45) is 6.09. The molecular weight excluding hydrogens is 260 g/mol. The largest absolute Gasteiger partial charge is 0.382 e. The maximum atomic E-state index is 12.2. The van der Waals surface area contributed by atoms with Crippen LogP contribution in [0.2, 0.25) is 0 Å². The van der Waals surface area contributed by atoms with Gasteiger partial charge in [0.15, 0.2) is 5.13 Å². The number of carbonyl (C=O) groups excluding carboxylic acids is 1. The zero-order chi connectivity index (χ0) is 13.9. The molecule has 0 saturated heterocycles. The molecule has 0 bridgehead atoms. The quantitative estimate of drug-likeness (QED) is 0.775. The summed E-state index contributed by atoms with van der Waals surface area (Å²) in [6, 6.07) is 0. The highest BCUT2D eigenvalue weighted by molar-refractivity contribution is 7.18. The lowest BCUT2D eigenvalue weighted by Gasteiger charge is -2.27. The van der Waals surface area contributed by atoms with Crippen LogP contribution >= 0.6 is 11.3 Å². The molecule has 0 spiro atoms. The number of hydrogen-bond donors (Lipinski definition) is 3. The topological polar surface area (TPSA) is 80.0 Å². The van der Waals surface area contributed by atoms with Crippen LogP contribution in [-0.4, -0.2) is 24.5 Å². The number of anilines is 2. The molecular formula is C13H22N4OS. The van der Waals surface area contributed by atoms with Gasteiger partial charge in [0.2, 0.25) is 0 Å². The highest BCUT2D eigenvalue weighted by Crippen LogP contribution is 2.40. The molecule has 19 heavy (non-hydrogen) atoms. The van der Waals surface area contributed by atoms with E-state index in [2.05, 4.69) is 22.5 Å². The molecule has 1 amide bonds. The van der Waals surface area contributed by atoms with E-state index in [0.717, 1.165) is 13.0 Å². The molecule has 5 nitrogen and oxygen atoms in total. The number of rotatable bonds is 5. The second-order valence-electron chi connectivity index (χ2n) is 5.23. The molecule has 1 aliphatic carbocycles. The zero-order valence-corrected chi connectivity index (χ0v) is 12.4. The second-order valence-corrected chi connectivity index (χ2v) is 6.23. The Balaban J connectivity index is 1.98. The van der Waals surface area contributed by atoms with Gasteiger partial charge in [-0.3, -0.25) is 4.79 Å². The number of nitrogens with two attached hydrogens (primary N) is 1. The monoisotopic (exact) mass is 282 g/mol. The normalized spacial score (nSPS) is 17.4. The van der Waals surface area contributed by atoms with E-state index >= 15 is 0 Å². The van der Waals surface area contributed by atoms with E-state index in [1.807, 2.05) is 0 Å². The number of nitrogens with zero attached hydrogens (tertiary/aromatic N) is 1. The maximum absolute atomic E-state index is 12.2. The fourth-order valence-corrected chi connectivity index (χ4v) is 3.48. The van der Waals surface area contributed by atoms with Crippen molar-refractivity contribution >= 4 is 28.2 Å². The summed E-state index contributed by atoms with van der Waals surface area (Å²) >= 11 is 1.30. The van der Waals surface area contributed by atoms with Crippen molar-refractivity contribution in [1.82, 2.24) is 10.3 Å². The number of thiazole rings is 1. The maximum Gasteiger partial charge on any atom is 0.265 e. The summed E-state index contributed by atoms with van der Waals surface area (Å²) < 4.78 is 0. The third-order valence-corrected chi connectivity index (χ3v) is 5.20. The molecule has 1 aromatic heterocycles. The average Bonchev–Trinajstić information content (AvgIpc) is 3.03. The van der Waals surface area contributed by atoms with Crippen molar-refractivity contribution in [2.75, 3.05) is 24.6 Å². The SMILES string of the molecule is CCC1(CNC(=O)c2sc(NC)nc2N)CCCC1. The van der Waals surface area contributed by atoms with Gasteiger partial charge in [0.25, 0.3) is 5.91 Å². The third-order valence-electron chi connectivity index (χ3n) is 4.11. The van der Waals surface area contributed by atoms with Gasteiger partial charge in [-0.05, 0) is 24.7 Å². The summed E-state index contributed by atoms with van der Waals surface area (Å²) in [7, 11) is 1.77. The van der Waals surface area contributed by atoms with Crippen molar-refractivity contribution in [3.8, 4) is 0 Å². The molecule has 6 heteroatoms. The minimum atomic E-state index is -0.101. The number of hydrogen-bond acceptors (Lipinski definition) is 5. The summed E-state index contributed by atoms with van der Waals surface area (Å²) in [5.41, 5.74) is 6.06. The first-order chi connectivity index (χ1) is 9.10. The molecule has 106 valence electrons. The van der Waals surface area contributed by atoms with E-state index in [4.69, 9.17) is 5.73 Å². The van der Waals surface area contributed by atoms with Gasteiger partial charge in [-0.1, -0.05) is 31.1 Å². The number of nitrogen functional groups attached to an aromatic ring is 1. The van der Waals surface area contributed by atoms with Gasteiger partial charge in [-0.25, -0.2) is 4.98 Å². The van der Waals surface area contributed by atoms with Crippen LogP contribution in [0.4, 0.5) is 10.9 Å². The molecule has 1 fully saturated rings. The Bertz CT molecular complexity index is 451. The Kier molecular flexibility index (Phi) is 4.29. The van der Waals surface area contributed by atoms with Crippen molar-refractivity contribution in [3.63, 3.8) is 0 Å². The summed E-state index contributed by atoms with van der Waals surface area (Å²) in [6.45, 7) is 2.95. The second kappa shape index (κ2) is 5.77. The average molecular weight is 282 g/mol. The number of nitrogens with one attached hydrogen (secondary N) is 2. The minimum absolute atomic E-state index is 0.101. The molecule has 0 radical (unpaired) electrons. The van der Waals surface area contributed by atoms with E-state index in [1.54, 1.807) is 7.05 Å². The van der Waals surface area contributed by atoms with Crippen LogP contribution in [-0.2, 0) is 0 Å². The molecule has 4 N–H and O–H groups in total. The summed E-state index contributed by atoms with van der Waals surface area (Å²) in [4.78, 5) is 16.8. The highest BCUT2D eigenvalue weighted by Gasteiger charge is 2.32. The smallest absolute Gasteiger partial charge is 0.265 e. The molecule has 1 aromatic rings. The molecule has 0 unspecified atom stereocenters. The predicted molar refractivity (Wildman–Crippen MR) is 79.6 cm³/mol. The number of amides is 1. The van der Waals surface area contributed by atoms with E-state index in [9.17, 15) is 4.79 Å². The van der Waals surface area contributed by atoms with E-state index < -0.39 is 0 Å². The summed E-state index contributed by atoms with van der Waals surface area (Å²) in [5, 5.41) is 6.62. The molecule has 1 aliphatic rings. The van der Waals surface area contributed by atoms with Crippen molar-refractivity contribution in [2.45, 2.75) is 39.0 Å². The standard InChI is InChI=1S/C13H22N4OS/c1-3-13(6-4-5-7-13)8-16-11(18)9-10(14)17-12(15-2)19-9/h3-8,14H2,1-2H3,(H,15,17)(H,16,18). The van der Waals surface area contributed by atoms with Gasteiger partial charge >= 0.3 is 0 Å². The Hall–Kier alpha value is -1.30. The minimum Gasteiger partial charge on any atom is -0.382 e. The van der Waals surface area contributed by atoms with Crippen molar-refractivity contribution in [3.05, 3.63) is 4.88 Å². The Labute approximate surface area is 118 Å². The first-order valence-corrected chi connectivity index (χ1v) is 7.64. The molecule has 1 saturated carbocycles. The van der Waals surface area contributed by atoms with Crippen LogP contribution in [0, 0.1) is 5.41 Å². The van der Waals surface area contributed by atoms with Gasteiger partial charge < -0.3 is 16.4 Å². The van der Waals surface area contributed by atoms with Crippen molar-refractivity contribution < 1.29 is 4.79 Å². The highest BCUT2D eigenvalue weighted by atomic mass is 32.1. The van der Waals surface area contributed by atoms with Gasteiger partial charge in [0.1, 0.15) is 10.7 Å². The molecule has 0 atom stereocenters. The molecule has 2 rings (SSSR count). The molecule has 1 heterocycles. The number of carbonyl (C=O) groups is 1. The lowest BCUT2D eigenvalue weighted by Crippen LogP contribution is -2.35. The van der Waals surface area contributed by atoms with Crippen LogP contribution in [0.1, 0.15) is 48.7 Å². The lowest BCUT2D eigenvalue weighted by atomic mass is 9.83. The fourth-order valence-electron chi connectivity index (χ4n) is 2.73. The first kappa shape index (κ1) is 14.1. The Morgan fingerprint density at radius 2 is 2.16 bits per heavy atom. The lowest BCUT2D eigenvalue weighted by molar-refractivity contribution is 0.0933. The fraction of sp³-hybridized carbons (Fsp3) is 0.692. The van der Waals surface area contributed by atoms with E-state index in [-0.39, 0.29) is 5.91 Å². The van der Waals surface area contributed by atoms with Crippen LogP contribution < -0.4 is 16.4 Å². The van der Waals surface area contributed by atoms with Crippen LogP contribution in [0.5, 0.6) is 0 Å². The number of aromatic nitrogens is 1. The Morgan fingerprint density at radius 3 is 2.68 bits per heavy atom. The first-order valence-electron chi connectivity index (χ1n) is 6.82. The van der Waals surface area contributed by atoms with Crippen molar-refractivity contribution in [1.29, 1.82) is 0 Å². The zero-order valence-electron chi connectivity index (χ0n) is 11.6. The van der Waals surface area contributed by atoms with Gasteiger partial charge in [-0.15, -0.1) is 0 Å². The molecule has 0 aromatic carbocycles. The van der Waals surface area contributed by atoms with E-state index in [0.29, 0.717) is 21.2 Å². The predicted octanol–water partition coefficient (Wildman–Crippen LogP) is 2.47. The third kappa shape index (κ3) is 3.00. The van der Waals surface area contributed by atoms with Gasteiger partial charge in [-0.2, -0.15) is 0 Å². The van der Waals surface area contributed by atoms with Crippen LogP contribution in [0.25, 0.3) is 0 Å². The Morgan fingerprint density at radius 1 is 1.47 bits per heavy atom. The van der Waals surface area contributed by atoms with Gasteiger partial charge in [0, 0.05) is 13.6 Å². The van der Waals surface area contributed by atoms with E-state index in [1.165, 1.54) is 37.0 Å². The van der Waals surface area contributed by atoms with Crippen LogP contribution in [0.15, 0.2) is 0 Å². The molecule has 0 aliphatic heterocycles. The van der Waals surface area contributed by atoms with Gasteiger partial charge in [0.05, 0.1) is 0 Å². The van der Waals surface area contributed by atoms with Crippen molar-refractivity contribution in [2.24, 2.45) is 5.41 Å². The summed E-state index contributed by atoms with van der Waals surface area (Å²) in [5.74, 6) is 0.208.